The standard InChI is InChI=1S/C16H23NO4/c1-11(2)17-8-12-6-15-16(20-10-19-15)7-14(12)21-13-4-3-5-18-9-13/h6-7,11,13,17H,3-5,8-10H2,1-2H3. The van der Waals surface area contributed by atoms with Gasteiger partial charge >= 0.3 is 0 Å². The van der Waals surface area contributed by atoms with Crippen LogP contribution in [0.1, 0.15) is 32.3 Å². The predicted molar refractivity (Wildman–Crippen MR) is 79.0 cm³/mol. The van der Waals surface area contributed by atoms with E-state index in [0.717, 1.165) is 48.8 Å². The van der Waals surface area contributed by atoms with Crippen molar-refractivity contribution >= 4 is 0 Å². The van der Waals surface area contributed by atoms with Crippen molar-refractivity contribution in [2.24, 2.45) is 0 Å². The molecule has 1 aromatic rings. The Bertz CT molecular complexity index is 483. The predicted octanol–water partition coefficient (Wildman–Crippen LogP) is 2.47. The number of ether oxygens (including phenoxy) is 4. The smallest absolute Gasteiger partial charge is 0.231 e. The molecular formula is C16H23NO4. The molecule has 5 heteroatoms. The summed E-state index contributed by atoms with van der Waals surface area (Å²) >= 11 is 0. The summed E-state index contributed by atoms with van der Waals surface area (Å²) in [6, 6.07) is 4.37. The fraction of sp³-hybridized carbons (Fsp3) is 0.625. The maximum atomic E-state index is 6.14. The van der Waals surface area contributed by atoms with Crippen molar-refractivity contribution in [2.75, 3.05) is 20.0 Å². The molecule has 0 bridgehead atoms. The lowest BCUT2D eigenvalue weighted by Crippen LogP contribution is -2.29. The van der Waals surface area contributed by atoms with Gasteiger partial charge in [0.2, 0.25) is 6.79 Å². The molecule has 2 aliphatic heterocycles. The van der Waals surface area contributed by atoms with Crippen LogP contribution in [0.25, 0.3) is 0 Å². The number of hydrogen-bond acceptors (Lipinski definition) is 5. The van der Waals surface area contributed by atoms with Crippen LogP contribution in [0.4, 0.5) is 0 Å². The van der Waals surface area contributed by atoms with E-state index in [9.17, 15) is 0 Å². The Hall–Kier alpha value is -1.46. The molecule has 1 N–H and O–H groups in total. The van der Waals surface area contributed by atoms with Gasteiger partial charge in [0.15, 0.2) is 11.5 Å². The molecule has 21 heavy (non-hydrogen) atoms. The third-order valence-electron chi connectivity index (χ3n) is 3.67. The lowest BCUT2D eigenvalue weighted by Gasteiger charge is -2.25. The van der Waals surface area contributed by atoms with Crippen molar-refractivity contribution in [1.29, 1.82) is 0 Å². The van der Waals surface area contributed by atoms with E-state index in [4.69, 9.17) is 18.9 Å². The maximum Gasteiger partial charge on any atom is 0.231 e. The average molecular weight is 293 g/mol. The minimum absolute atomic E-state index is 0.122. The summed E-state index contributed by atoms with van der Waals surface area (Å²) in [6.45, 7) is 6.78. The van der Waals surface area contributed by atoms with E-state index in [2.05, 4.69) is 19.2 Å². The van der Waals surface area contributed by atoms with E-state index in [-0.39, 0.29) is 12.9 Å². The van der Waals surface area contributed by atoms with Crippen LogP contribution in [-0.4, -0.2) is 32.2 Å². The molecule has 2 heterocycles. The van der Waals surface area contributed by atoms with E-state index in [1.807, 2.05) is 12.1 Å². The van der Waals surface area contributed by atoms with Gasteiger partial charge in [0.25, 0.3) is 0 Å². The van der Waals surface area contributed by atoms with Crippen molar-refractivity contribution in [3.8, 4) is 17.2 Å². The number of nitrogens with one attached hydrogen (secondary N) is 1. The number of fused-ring (bicyclic) bond motifs is 1. The Kier molecular flexibility index (Phi) is 4.51. The van der Waals surface area contributed by atoms with Gasteiger partial charge in [-0.05, 0) is 18.9 Å². The minimum atomic E-state index is 0.122. The van der Waals surface area contributed by atoms with Crippen molar-refractivity contribution in [3.05, 3.63) is 17.7 Å². The Morgan fingerprint density at radius 2 is 2.10 bits per heavy atom. The number of rotatable bonds is 5. The highest BCUT2D eigenvalue weighted by Crippen LogP contribution is 2.38. The summed E-state index contributed by atoms with van der Waals surface area (Å²) < 4.78 is 22.5. The molecule has 116 valence electrons. The van der Waals surface area contributed by atoms with E-state index < -0.39 is 0 Å². The molecule has 1 saturated heterocycles. The molecule has 3 rings (SSSR count). The first-order chi connectivity index (χ1) is 10.2. The van der Waals surface area contributed by atoms with Crippen LogP contribution < -0.4 is 19.5 Å². The van der Waals surface area contributed by atoms with Crippen LogP contribution in [0.5, 0.6) is 17.2 Å². The highest BCUT2D eigenvalue weighted by atomic mass is 16.7. The lowest BCUT2D eigenvalue weighted by molar-refractivity contribution is 0.00693. The lowest BCUT2D eigenvalue weighted by atomic mass is 10.1. The molecule has 5 nitrogen and oxygen atoms in total. The average Bonchev–Trinajstić information content (AvgIpc) is 2.93. The fourth-order valence-electron chi connectivity index (χ4n) is 2.51. The summed E-state index contributed by atoms with van der Waals surface area (Å²) in [5.41, 5.74) is 1.10. The van der Waals surface area contributed by atoms with Crippen molar-refractivity contribution in [3.63, 3.8) is 0 Å². The second-order valence-corrected chi connectivity index (χ2v) is 5.81. The van der Waals surface area contributed by atoms with Gasteiger partial charge in [0, 0.05) is 30.8 Å². The molecule has 1 unspecified atom stereocenters. The molecule has 0 radical (unpaired) electrons. The van der Waals surface area contributed by atoms with Crippen LogP contribution in [0.2, 0.25) is 0 Å². The van der Waals surface area contributed by atoms with Crippen molar-refractivity contribution in [1.82, 2.24) is 5.32 Å². The normalized spacial score (nSPS) is 20.8. The second kappa shape index (κ2) is 6.54. The number of benzene rings is 1. The van der Waals surface area contributed by atoms with Gasteiger partial charge in [0.1, 0.15) is 11.9 Å². The van der Waals surface area contributed by atoms with Crippen molar-refractivity contribution in [2.45, 2.75) is 45.4 Å². The Morgan fingerprint density at radius 3 is 2.81 bits per heavy atom. The summed E-state index contributed by atoms with van der Waals surface area (Å²) in [7, 11) is 0. The Labute approximate surface area is 125 Å². The monoisotopic (exact) mass is 293 g/mol. The van der Waals surface area contributed by atoms with Gasteiger partial charge in [-0.15, -0.1) is 0 Å². The number of hydrogen-bond donors (Lipinski definition) is 1. The Balaban J connectivity index is 1.78. The van der Waals surface area contributed by atoms with Gasteiger partial charge in [-0.25, -0.2) is 0 Å². The zero-order valence-corrected chi connectivity index (χ0v) is 12.7. The third kappa shape index (κ3) is 3.60. The molecule has 0 aliphatic carbocycles. The SMILES string of the molecule is CC(C)NCc1cc2c(cc1OC1CCCOC1)OCO2. The van der Waals surface area contributed by atoms with Gasteiger partial charge in [0.05, 0.1) is 6.61 Å². The van der Waals surface area contributed by atoms with Crippen molar-refractivity contribution < 1.29 is 18.9 Å². The molecule has 2 aliphatic rings. The van der Waals surface area contributed by atoms with E-state index in [0.29, 0.717) is 12.6 Å². The van der Waals surface area contributed by atoms with Gasteiger partial charge < -0.3 is 24.3 Å². The van der Waals surface area contributed by atoms with Crippen LogP contribution >= 0.6 is 0 Å². The van der Waals surface area contributed by atoms with E-state index >= 15 is 0 Å². The largest absolute Gasteiger partial charge is 0.488 e. The van der Waals surface area contributed by atoms with E-state index in [1.165, 1.54) is 0 Å². The molecule has 0 aromatic heterocycles. The quantitative estimate of drug-likeness (QED) is 0.904. The highest BCUT2D eigenvalue weighted by molar-refractivity contribution is 5.52. The van der Waals surface area contributed by atoms with E-state index in [1.54, 1.807) is 0 Å². The first kappa shape index (κ1) is 14.5. The first-order valence-corrected chi connectivity index (χ1v) is 7.62. The second-order valence-electron chi connectivity index (χ2n) is 5.81. The zero-order valence-electron chi connectivity index (χ0n) is 12.7. The van der Waals surface area contributed by atoms with Gasteiger partial charge in [-0.1, -0.05) is 13.8 Å². The topological polar surface area (TPSA) is 49.0 Å². The van der Waals surface area contributed by atoms with Gasteiger partial charge in [-0.3, -0.25) is 0 Å². The molecule has 1 atom stereocenters. The van der Waals surface area contributed by atoms with Gasteiger partial charge in [-0.2, -0.15) is 0 Å². The summed E-state index contributed by atoms with van der Waals surface area (Å²) in [5, 5.41) is 3.42. The minimum Gasteiger partial charge on any atom is -0.488 e. The fourth-order valence-corrected chi connectivity index (χ4v) is 2.51. The first-order valence-electron chi connectivity index (χ1n) is 7.62. The molecule has 1 fully saturated rings. The highest BCUT2D eigenvalue weighted by Gasteiger charge is 2.21. The summed E-state index contributed by atoms with van der Waals surface area (Å²) in [5.74, 6) is 2.42. The van der Waals surface area contributed by atoms with Crippen LogP contribution in [0, 0.1) is 0 Å². The third-order valence-corrected chi connectivity index (χ3v) is 3.67. The summed E-state index contributed by atoms with van der Waals surface area (Å²) in [6.07, 6.45) is 2.21. The van der Waals surface area contributed by atoms with Crippen LogP contribution in [0.15, 0.2) is 12.1 Å². The van der Waals surface area contributed by atoms with Crippen LogP contribution in [-0.2, 0) is 11.3 Å². The molecule has 0 amide bonds. The van der Waals surface area contributed by atoms with Crippen LogP contribution in [0.3, 0.4) is 0 Å². The molecule has 0 spiro atoms. The molecule has 1 aromatic carbocycles. The maximum absolute atomic E-state index is 6.14. The zero-order chi connectivity index (χ0) is 14.7. The molecule has 0 saturated carbocycles. The Morgan fingerprint density at radius 1 is 1.29 bits per heavy atom. The molecular weight excluding hydrogens is 270 g/mol. The summed E-state index contributed by atoms with van der Waals surface area (Å²) in [4.78, 5) is 0.